The van der Waals surface area contributed by atoms with Crippen LogP contribution in [0.15, 0.2) is 0 Å². The van der Waals surface area contributed by atoms with Crippen LogP contribution in [-0.4, -0.2) is 43.1 Å². The van der Waals surface area contributed by atoms with Gasteiger partial charge in [0.2, 0.25) is 12.8 Å². The van der Waals surface area contributed by atoms with Gasteiger partial charge in [0, 0.05) is 0 Å². The highest BCUT2D eigenvalue weighted by Crippen LogP contribution is 2.54. The maximum atomic E-state index is 12.7. The molecule has 0 heterocycles. The molecular formula is C8H5F13O. The fourth-order valence-corrected chi connectivity index (χ4v) is 0.952. The van der Waals surface area contributed by atoms with Crippen LogP contribution in [0.25, 0.3) is 0 Å². The van der Waals surface area contributed by atoms with Gasteiger partial charge in [-0.15, -0.1) is 0 Å². The van der Waals surface area contributed by atoms with E-state index in [0.717, 1.165) is 0 Å². The van der Waals surface area contributed by atoms with Crippen LogP contribution in [0, 0.1) is 0 Å². The molecule has 0 aliphatic carbocycles. The van der Waals surface area contributed by atoms with Crippen LogP contribution < -0.4 is 0 Å². The Kier molecular flexibility index (Phi) is 6.00. The number of rotatable bonds is 8. The molecule has 0 aromatic rings. The van der Waals surface area contributed by atoms with E-state index in [0.29, 0.717) is 0 Å². The van der Waals surface area contributed by atoms with Crippen LogP contribution in [-0.2, 0) is 4.74 Å². The first kappa shape index (κ1) is 21.0. The molecule has 0 fully saturated rings. The van der Waals surface area contributed by atoms with E-state index in [4.69, 9.17) is 0 Å². The average Bonchev–Trinajstić information content (AvgIpc) is 2.25. The fourth-order valence-electron chi connectivity index (χ4n) is 0.952. The maximum Gasteiger partial charge on any atom is 0.428 e. The minimum atomic E-state index is -7.37. The standard InChI is InChI=1S/C8H5F13O/c9-2(10)1-3(11)22-8(20,21)7(18,19)6(16,17)5(14,15)4(12)13/h2-4H,1H2. The first-order chi connectivity index (χ1) is 9.50. The van der Waals surface area contributed by atoms with Crippen molar-refractivity contribution in [3.63, 3.8) is 0 Å². The Morgan fingerprint density at radius 3 is 1.41 bits per heavy atom. The van der Waals surface area contributed by atoms with Crippen LogP contribution >= 0.6 is 0 Å². The van der Waals surface area contributed by atoms with Gasteiger partial charge in [-0.1, -0.05) is 0 Å². The summed E-state index contributed by atoms with van der Waals surface area (Å²) in [5.74, 6) is -21.6. The van der Waals surface area contributed by atoms with Crippen molar-refractivity contribution >= 4 is 0 Å². The second kappa shape index (κ2) is 6.28. The molecule has 14 heteroatoms. The van der Waals surface area contributed by atoms with Gasteiger partial charge in [-0.05, 0) is 0 Å². The van der Waals surface area contributed by atoms with E-state index in [1.807, 2.05) is 0 Å². The second-order valence-electron chi connectivity index (χ2n) is 3.74. The molecule has 0 bridgehead atoms. The van der Waals surface area contributed by atoms with Crippen molar-refractivity contribution in [2.45, 2.75) is 49.5 Å². The molecule has 1 unspecified atom stereocenters. The lowest BCUT2D eigenvalue weighted by Crippen LogP contribution is -2.65. The zero-order valence-electron chi connectivity index (χ0n) is 9.76. The summed E-state index contributed by atoms with van der Waals surface area (Å²) < 4.78 is 162. The van der Waals surface area contributed by atoms with Gasteiger partial charge in [0.1, 0.15) is 0 Å². The predicted octanol–water partition coefficient (Wildman–Crippen LogP) is 4.72. The Hall–Kier alpha value is -0.950. The monoisotopic (exact) mass is 364 g/mol. The molecule has 0 saturated heterocycles. The molecule has 0 saturated carbocycles. The molecule has 0 aromatic carbocycles. The summed E-state index contributed by atoms with van der Waals surface area (Å²) >= 11 is 0. The third-order valence-electron chi connectivity index (χ3n) is 2.09. The van der Waals surface area contributed by atoms with Crippen LogP contribution in [0.1, 0.15) is 6.42 Å². The Bertz CT molecular complexity index is 365. The zero-order valence-corrected chi connectivity index (χ0v) is 9.76. The van der Waals surface area contributed by atoms with E-state index in [1.54, 1.807) is 0 Å². The molecule has 1 nitrogen and oxygen atoms in total. The van der Waals surface area contributed by atoms with Crippen molar-refractivity contribution in [1.82, 2.24) is 0 Å². The maximum absolute atomic E-state index is 12.7. The topological polar surface area (TPSA) is 9.23 Å². The SMILES string of the molecule is FC(F)CC(F)OC(F)(F)C(F)(F)C(F)(F)C(F)(F)C(F)F. The van der Waals surface area contributed by atoms with Crippen LogP contribution in [0.4, 0.5) is 57.1 Å². The largest absolute Gasteiger partial charge is 0.428 e. The van der Waals surface area contributed by atoms with Crippen molar-refractivity contribution in [2.75, 3.05) is 0 Å². The average molecular weight is 364 g/mol. The fraction of sp³-hybridized carbons (Fsp3) is 1.00. The van der Waals surface area contributed by atoms with E-state index in [9.17, 15) is 57.1 Å². The van der Waals surface area contributed by atoms with Crippen LogP contribution in [0.5, 0.6) is 0 Å². The van der Waals surface area contributed by atoms with Gasteiger partial charge in [-0.2, -0.15) is 35.1 Å². The highest BCUT2D eigenvalue weighted by Gasteiger charge is 2.84. The van der Waals surface area contributed by atoms with Crippen LogP contribution in [0.2, 0.25) is 0 Å². The van der Waals surface area contributed by atoms with Gasteiger partial charge < -0.3 is 0 Å². The minimum Gasteiger partial charge on any atom is -0.280 e. The number of alkyl halides is 13. The van der Waals surface area contributed by atoms with E-state index in [-0.39, 0.29) is 0 Å². The van der Waals surface area contributed by atoms with Gasteiger partial charge in [-0.3, -0.25) is 4.74 Å². The second-order valence-corrected chi connectivity index (χ2v) is 3.74. The summed E-state index contributed by atoms with van der Waals surface area (Å²) in [6.07, 6.45) is -22.2. The number of hydrogen-bond donors (Lipinski definition) is 0. The zero-order chi connectivity index (χ0) is 18.1. The summed E-state index contributed by atoms with van der Waals surface area (Å²) in [6.45, 7) is 0. The molecular weight excluding hydrogens is 359 g/mol. The Balaban J connectivity index is 5.50. The van der Waals surface area contributed by atoms with Crippen molar-refractivity contribution < 1.29 is 61.8 Å². The lowest BCUT2D eigenvalue weighted by Gasteiger charge is -2.36. The van der Waals surface area contributed by atoms with Crippen molar-refractivity contribution in [2.24, 2.45) is 0 Å². The van der Waals surface area contributed by atoms with E-state index >= 15 is 0 Å². The van der Waals surface area contributed by atoms with E-state index < -0.39 is 49.5 Å². The third kappa shape index (κ3) is 3.68. The first-order valence-corrected chi connectivity index (χ1v) is 4.90. The number of ether oxygens (including phenoxy) is 1. The third-order valence-corrected chi connectivity index (χ3v) is 2.09. The lowest BCUT2D eigenvalue weighted by molar-refractivity contribution is -0.449. The molecule has 0 radical (unpaired) electrons. The first-order valence-electron chi connectivity index (χ1n) is 4.90. The summed E-state index contributed by atoms with van der Waals surface area (Å²) in [5.41, 5.74) is 0. The molecule has 0 aliphatic rings. The van der Waals surface area contributed by atoms with Gasteiger partial charge in [-0.25, -0.2) is 22.0 Å². The van der Waals surface area contributed by atoms with E-state index in [1.165, 1.54) is 0 Å². The smallest absolute Gasteiger partial charge is 0.280 e. The van der Waals surface area contributed by atoms with Gasteiger partial charge >= 0.3 is 30.3 Å². The summed E-state index contributed by atoms with van der Waals surface area (Å²) in [7, 11) is 0. The Morgan fingerprint density at radius 2 is 1.09 bits per heavy atom. The molecule has 0 amide bonds. The summed E-state index contributed by atoms with van der Waals surface area (Å²) in [5, 5.41) is 0. The van der Waals surface area contributed by atoms with Crippen molar-refractivity contribution in [3.8, 4) is 0 Å². The van der Waals surface area contributed by atoms with Crippen LogP contribution in [0.3, 0.4) is 0 Å². The highest BCUT2D eigenvalue weighted by atomic mass is 19.4. The molecule has 0 spiro atoms. The minimum absolute atomic E-state index is 2.28. The van der Waals surface area contributed by atoms with Gasteiger partial charge in [0.15, 0.2) is 0 Å². The molecule has 0 aromatic heterocycles. The summed E-state index contributed by atoms with van der Waals surface area (Å²) in [6, 6.07) is 0. The van der Waals surface area contributed by atoms with E-state index in [2.05, 4.69) is 4.74 Å². The molecule has 0 N–H and O–H groups in total. The van der Waals surface area contributed by atoms with Crippen molar-refractivity contribution in [3.05, 3.63) is 0 Å². The predicted molar refractivity (Wildman–Crippen MR) is 42.4 cm³/mol. The van der Waals surface area contributed by atoms with Crippen molar-refractivity contribution in [1.29, 1.82) is 0 Å². The molecule has 0 rings (SSSR count). The Labute approximate surface area is 113 Å². The lowest BCUT2D eigenvalue weighted by atomic mass is 10.0. The molecule has 0 aliphatic heterocycles. The molecule has 22 heavy (non-hydrogen) atoms. The normalized spacial score (nSPS) is 16.5. The van der Waals surface area contributed by atoms with Gasteiger partial charge in [0.05, 0.1) is 6.42 Å². The number of hydrogen-bond acceptors (Lipinski definition) is 1. The highest BCUT2D eigenvalue weighted by molar-refractivity contribution is 5.02. The summed E-state index contributed by atoms with van der Waals surface area (Å²) in [4.78, 5) is 0. The molecule has 1 atom stereocenters. The quantitative estimate of drug-likeness (QED) is 0.567. The van der Waals surface area contributed by atoms with Gasteiger partial charge in [0.25, 0.3) is 0 Å². The number of halogens is 13. The Morgan fingerprint density at radius 1 is 0.682 bits per heavy atom. The molecule has 134 valence electrons.